The molecule has 0 heterocycles. The van der Waals surface area contributed by atoms with Crippen molar-refractivity contribution >= 4 is 18.1 Å². The molecule has 0 aliphatic heterocycles. The van der Waals surface area contributed by atoms with Crippen molar-refractivity contribution < 1.29 is 23.9 Å². The molecular weight excluding hydrogens is 398 g/mol. The molecule has 1 aromatic carbocycles. The largest absolute Gasteiger partial charge is 0.445 e. The first-order chi connectivity index (χ1) is 14.4. The van der Waals surface area contributed by atoms with Crippen LogP contribution in [0.3, 0.4) is 0 Å². The van der Waals surface area contributed by atoms with Crippen LogP contribution in [0.2, 0.25) is 0 Å². The molecule has 0 radical (unpaired) electrons. The molecule has 1 rings (SSSR count). The molecule has 3 amide bonds. The first-order valence-corrected chi connectivity index (χ1v) is 10.6. The quantitative estimate of drug-likeness (QED) is 0.550. The summed E-state index contributed by atoms with van der Waals surface area (Å²) in [6.45, 7) is 13.2. The van der Waals surface area contributed by atoms with Crippen molar-refractivity contribution in [1.29, 1.82) is 0 Å². The molecule has 0 aliphatic carbocycles. The zero-order valence-corrected chi connectivity index (χ0v) is 19.7. The van der Waals surface area contributed by atoms with Crippen LogP contribution in [-0.2, 0) is 20.9 Å². The van der Waals surface area contributed by atoms with Crippen molar-refractivity contribution in [2.75, 3.05) is 6.54 Å². The van der Waals surface area contributed by atoms with E-state index in [0.29, 0.717) is 0 Å². The van der Waals surface area contributed by atoms with Crippen molar-refractivity contribution in [2.24, 2.45) is 11.8 Å². The van der Waals surface area contributed by atoms with Crippen LogP contribution in [0.1, 0.15) is 54.0 Å². The van der Waals surface area contributed by atoms with E-state index in [4.69, 9.17) is 9.47 Å². The van der Waals surface area contributed by atoms with E-state index in [1.165, 1.54) is 0 Å². The van der Waals surface area contributed by atoms with Crippen LogP contribution in [0.15, 0.2) is 30.3 Å². The first kappa shape index (κ1) is 26.3. The Kier molecular flexibility index (Phi) is 10.3. The third-order valence-corrected chi connectivity index (χ3v) is 4.44. The van der Waals surface area contributed by atoms with Gasteiger partial charge in [-0.2, -0.15) is 0 Å². The molecule has 2 atom stereocenters. The van der Waals surface area contributed by atoms with Crippen LogP contribution < -0.4 is 16.0 Å². The second kappa shape index (κ2) is 12.2. The third kappa shape index (κ3) is 10.7. The molecule has 0 bridgehead atoms. The van der Waals surface area contributed by atoms with E-state index >= 15 is 0 Å². The fraction of sp³-hybridized carbons (Fsp3) is 0.609. The minimum atomic E-state index is -0.766. The topological polar surface area (TPSA) is 106 Å². The minimum Gasteiger partial charge on any atom is -0.445 e. The van der Waals surface area contributed by atoms with Gasteiger partial charge in [-0.15, -0.1) is 0 Å². The van der Waals surface area contributed by atoms with Crippen LogP contribution in [0.5, 0.6) is 0 Å². The number of carbonyl (C=O) groups is 3. The number of amides is 3. The lowest BCUT2D eigenvalue weighted by molar-refractivity contribution is -0.124. The van der Waals surface area contributed by atoms with Gasteiger partial charge in [0.1, 0.15) is 18.2 Å². The Morgan fingerprint density at radius 1 is 0.903 bits per heavy atom. The molecule has 1 aromatic rings. The summed E-state index contributed by atoms with van der Waals surface area (Å²) in [5.74, 6) is -0.432. The standard InChI is InChI=1S/C23H37N3O5/c1-15(2)18(25-22(29)31-23(5,6)7)13-24-20(27)19(16(3)4)26-21(28)30-14-17-11-9-8-10-12-17/h8-12,15-16,18-19H,13-14H2,1-7H3,(H,24,27)(H,25,29)(H,26,28)/t18-,19-/m0/s1. The molecule has 0 unspecified atom stereocenters. The summed E-state index contributed by atoms with van der Waals surface area (Å²) in [5.41, 5.74) is 0.248. The number of carbonyl (C=O) groups excluding carboxylic acids is 3. The zero-order chi connectivity index (χ0) is 23.6. The lowest BCUT2D eigenvalue weighted by Gasteiger charge is -2.27. The van der Waals surface area contributed by atoms with Crippen LogP contribution in [0, 0.1) is 11.8 Å². The number of rotatable bonds is 9. The summed E-state index contributed by atoms with van der Waals surface area (Å²) in [4.78, 5) is 37.0. The van der Waals surface area contributed by atoms with Crippen LogP contribution in [0.25, 0.3) is 0 Å². The fourth-order valence-corrected chi connectivity index (χ4v) is 2.66. The third-order valence-electron chi connectivity index (χ3n) is 4.44. The van der Waals surface area contributed by atoms with E-state index in [0.717, 1.165) is 5.56 Å². The molecule has 3 N–H and O–H groups in total. The molecule has 0 spiro atoms. The fourth-order valence-electron chi connectivity index (χ4n) is 2.66. The van der Waals surface area contributed by atoms with E-state index < -0.39 is 23.8 Å². The van der Waals surface area contributed by atoms with Gasteiger partial charge in [0.25, 0.3) is 0 Å². The van der Waals surface area contributed by atoms with Crippen molar-refractivity contribution in [3.05, 3.63) is 35.9 Å². The Morgan fingerprint density at radius 3 is 2.03 bits per heavy atom. The Morgan fingerprint density at radius 2 is 1.52 bits per heavy atom. The highest BCUT2D eigenvalue weighted by Crippen LogP contribution is 2.09. The Balaban J connectivity index is 2.60. The molecular formula is C23H37N3O5. The van der Waals surface area contributed by atoms with Crippen molar-refractivity contribution in [3.8, 4) is 0 Å². The highest BCUT2D eigenvalue weighted by Gasteiger charge is 2.27. The van der Waals surface area contributed by atoms with E-state index in [9.17, 15) is 14.4 Å². The molecule has 0 aromatic heterocycles. The molecule has 0 saturated carbocycles. The maximum Gasteiger partial charge on any atom is 0.408 e. The normalized spacial score (nSPS) is 13.3. The first-order valence-electron chi connectivity index (χ1n) is 10.6. The van der Waals surface area contributed by atoms with Gasteiger partial charge < -0.3 is 25.4 Å². The second-order valence-electron chi connectivity index (χ2n) is 9.17. The number of alkyl carbamates (subject to hydrolysis) is 2. The maximum atomic E-state index is 12.7. The van der Waals surface area contributed by atoms with Gasteiger partial charge in [-0.05, 0) is 38.2 Å². The highest BCUT2D eigenvalue weighted by atomic mass is 16.6. The Bertz CT molecular complexity index is 714. The maximum absolute atomic E-state index is 12.7. The van der Waals surface area contributed by atoms with E-state index in [-0.39, 0.29) is 36.9 Å². The molecule has 0 fully saturated rings. The number of nitrogens with one attached hydrogen (secondary N) is 3. The van der Waals surface area contributed by atoms with E-state index in [1.807, 2.05) is 58.0 Å². The molecule has 0 saturated heterocycles. The highest BCUT2D eigenvalue weighted by molar-refractivity contribution is 5.85. The average molecular weight is 436 g/mol. The Hall–Kier alpha value is -2.77. The molecule has 8 nitrogen and oxygen atoms in total. The Labute approximate surface area is 185 Å². The monoisotopic (exact) mass is 435 g/mol. The summed E-state index contributed by atoms with van der Waals surface area (Å²) < 4.78 is 10.5. The molecule has 174 valence electrons. The van der Waals surface area contributed by atoms with E-state index in [1.54, 1.807) is 20.8 Å². The van der Waals surface area contributed by atoms with Gasteiger partial charge in [0, 0.05) is 6.54 Å². The van der Waals surface area contributed by atoms with Gasteiger partial charge >= 0.3 is 12.2 Å². The minimum absolute atomic E-state index is 0.0640. The number of hydrogen-bond donors (Lipinski definition) is 3. The lowest BCUT2D eigenvalue weighted by Crippen LogP contribution is -2.54. The molecule has 31 heavy (non-hydrogen) atoms. The zero-order valence-electron chi connectivity index (χ0n) is 19.7. The van der Waals surface area contributed by atoms with Gasteiger partial charge in [-0.25, -0.2) is 9.59 Å². The number of ether oxygens (including phenoxy) is 2. The van der Waals surface area contributed by atoms with Crippen molar-refractivity contribution in [3.63, 3.8) is 0 Å². The number of hydrogen-bond acceptors (Lipinski definition) is 5. The number of benzene rings is 1. The smallest absolute Gasteiger partial charge is 0.408 e. The van der Waals surface area contributed by atoms with Crippen LogP contribution >= 0.6 is 0 Å². The van der Waals surface area contributed by atoms with Crippen molar-refractivity contribution in [2.45, 2.75) is 72.8 Å². The predicted octanol–water partition coefficient (Wildman–Crippen LogP) is 3.60. The summed E-state index contributed by atoms with van der Waals surface area (Å²) in [7, 11) is 0. The SMILES string of the molecule is CC(C)[C@H](CNC(=O)[C@@H](NC(=O)OCc1ccccc1)C(C)C)NC(=O)OC(C)(C)C. The molecule has 8 heteroatoms. The summed E-state index contributed by atoms with van der Waals surface area (Å²) in [6.07, 6.45) is -1.20. The van der Waals surface area contributed by atoms with Gasteiger partial charge in [0.2, 0.25) is 5.91 Å². The lowest BCUT2D eigenvalue weighted by atomic mass is 10.0. The summed E-state index contributed by atoms with van der Waals surface area (Å²) in [6, 6.07) is 8.21. The van der Waals surface area contributed by atoms with Crippen molar-refractivity contribution in [1.82, 2.24) is 16.0 Å². The van der Waals surface area contributed by atoms with E-state index in [2.05, 4.69) is 16.0 Å². The van der Waals surface area contributed by atoms with Crippen LogP contribution in [0.4, 0.5) is 9.59 Å². The molecule has 0 aliphatic rings. The van der Waals surface area contributed by atoms with Crippen LogP contribution in [-0.4, -0.2) is 42.3 Å². The predicted molar refractivity (Wildman–Crippen MR) is 119 cm³/mol. The summed E-state index contributed by atoms with van der Waals surface area (Å²) >= 11 is 0. The average Bonchev–Trinajstić information content (AvgIpc) is 2.66. The van der Waals surface area contributed by atoms with Gasteiger partial charge in [-0.1, -0.05) is 58.0 Å². The van der Waals surface area contributed by atoms with Gasteiger partial charge in [0.05, 0.1) is 6.04 Å². The summed E-state index contributed by atoms with van der Waals surface area (Å²) in [5, 5.41) is 8.23. The van der Waals surface area contributed by atoms with Gasteiger partial charge in [0.15, 0.2) is 0 Å². The second-order valence-corrected chi connectivity index (χ2v) is 9.17. The van der Waals surface area contributed by atoms with Gasteiger partial charge in [-0.3, -0.25) is 4.79 Å².